The largest absolute Gasteiger partial charge is 0.416 e. The summed E-state index contributed by atoms with van der Waals surface area (Å²) in [4.78, 5) is 43.9. The van der Waals surface area contributed by atoms with Crippen LogP contribution in [0.1, 0.15) is 5.56 Å². The Hall–Kier alpha value is -5.97. The van der Waals surface area contributed by atoms with E-state index in [1.54, 1.807) is 24.5 Å². The normalized spacial score (nSPS) is 10.9. The van der Waals surface area contributed by atoms with Crippen LogP contribution in [0.2, 0.25) is 5.15 Å². The average molecular weight is 623 g/mol. The molecule has 0 aliphatic heterocycles. The van der Waals surface area contributed by atoms with Crippen LogP contribution in [0.4, 0.5) is 45.8 Å². The van der Waals surface area contributed by atoms with Crippen molar-refractivity contribution >= 4 is 68.6 Å². The summed E-state index contributed by atoms with van der Waals surface area (Å²) in [5.41, 5.74) is 1.48. The van der Waals surface area contributed by atoms with Crippen LogP contribution in [0.25, 0.3) is 21.9 Å². The molecule has 4 amide bonds. The highest BCUT2D eigenvalue weighted by molar-refractivity contribution is 6.32. The maximum absolute atomic E-state index is 12.7. The number of benzene rings is 1. The zero-order chi connectivity index (χ0) is 31.1. The summed E-state index contributed by atoms with van der Waals surface area (Å²) in [5, 5.41) is 19.8. The quantitative estimate of drug-likeness (QED) is 0.163. The Morgan fingerprint density at radius 2 is 1.50 bits per heavy atom. The summed E-state index contributed by atoms with van der Waals surface area (Å²) >= 11 is 5.68. The monoisotopic (exact) mass is 622 g/mol. The van der Waals surface area contributed by atoms with Gasteiger partial charge in [0.05, 0.1) is 34.2 Å². The fourth-order valence-corrected chi connectivity index (χ4v) is 3.83. The molecule has 0 saturated carbocycles. The predicted octanol–water partition coefficient (Wildman–Crippen LogP) is 5.73. The smallest absolute Gasteiger partial charge is 0.307 e. The van der Waals surface area contributed by atoms with E-state index in [2.05, 4.69) is 61.6 Å². The third kappa shape index (κ3) is 7.26. The molecule has 44 heavy (non-hydrogen) atoms. The van der Waals surface area contributed by atoms with Crippen LogP contribution < -0.4 is 21.3 Å². The van der Waals surface area contributed by atoms with Crippen LogP contribution in [0.15, 0.2) is 79.6 Å². The van der Waals surface area contributed by atoms with E-state index in [4.69, 9.17) is 11.6 Å². The Kier molecular flexibility index (Phi) is 8.66. The molecule has 1 aromatic carbocycles. The number of anilines is 4. The zero-order valence-electron chi connectivity index (χ0n) is 22.0. The Bertz CT molecular complexity index is 1930. The lowest BCUT2D eigenvalue weighted by Crippen LogP contribution is -2.20. The number of H-pyrrole nitrogens is 1. The highest BCUT2D eigenvalue weighted by atomic mass is 35.5. The molecular weight excluding hydrogens is 605 g/mol. The minimum atomic E-state index is -4.47. The molecular formula is C26H18ClF3N12O2. The number of hydrogen-bond donors (Lipinski definition) is 5. The SMILES string of the molecule is O=C(Nc1cnccn1)Nc1ccnc2cccnc12.O=C(Nc1n[nH]nc1Cl)Nc1ccnc2cc(C(F)(F)F)ccc12. The lowest BCUT2D eigenvalue weighted by atomic mass is 10.1. The van der Waals surface area contributed by atoms with Gasteiger partial charge in [-0.3, -0.25) is 30.6 Å². The molecule has 18 heteroatoms. The number of amides is 4. The number of urea groups is 2. The van der Waals surface area contributed by atoms with Crippen LogP contribution in [0.3, 0.4) is 0 Å². The first-order valence-corrected chi connectivity index (χ1v) is 12.7. The van der Waals surface area contributed by atoms with E-state index < -0.39 is 23.8 Å². The number of pyridine rings is 3. The second-order valence-corrected chi connectivity index (χ2v) is 8.89. The Labute approximate surface area is 249 Å². The summed E-state index contributed by atoms with van der Waals surface area (Å²) in [5.74, 6) is 0.392. The van der Waals surface area contributed by atoms with Gasteiger partial charge in [0.15, 0.2) is 16.8 Å². The fraction of sp³-hybridized carbons (Fsp3) is 0.0385. The van der Waals surface area contributed by atoms with Crippen molar-refractivity contribution in [2.75, 3.05) is 21.3 Å². The Balaban J connectivity index is 0.000000177. The minimum Gasteiger partial charge on any atom is -0.307 e. The van der Waals surface area contributed by atoms with E-state index in [1.807, 2.05) is 6.07 Å². The number of hydrogen-bond acceptors (Lipinski definition) is 9. The third-order valence-electron chi connectivity index (χ3n) is 5.60. The maximum Gasteiger partial charge on any atom is 0.416 e. The number of alkyl halides is 3. The van der Waals surface area contributed by atoms with E-state index in [0.29, 0.717) is 27.9 Å². The number of nitrogens with one attached hydrogen (secondary N) is 5. The molecule has 0 saturated heterocycles. The van der Waals surface area contributed by atoms with Gasteiger partial charge in [0.2, 0.25) is 0 Å². The van der Waals surface area contributed by atoms with E-state index in [-0.39, 0.29) is 22.2 Å². The summed E-state index contributed by atoms with van der Waals surface area (Å²) in [6.45, 7) is 0. The maximum atomic E-state index is 12.7. The van der Waals surface area contributed by atoms with Gasteiger partial charge in [0.1, 0.15) is 5.52 Å². The van der Waals surface area contributed by atoms with Crippen molar-refractivity contribution in [2.24, 2.45) is 0 Å². The van der Waals surface area contributed by atoms with Crippen LogP contribution in [0, 0.1) is 0 Å². The molecule has 5 heterocycles. The Morgan fingerprint density at radius 1 is 0.750 bits per heavy atom. The van der Waals surface area contributed by atoms with Gasteiger partial charge in [-0.1, -0.05) is 17.7 Å². The van der Waals surface area contributed by atoms with Crippen LogP contribution >= 0.6 is 11.6 Å². The van der Waals surface area contributed by atoms with Gasteiger partial charge in [-0.2, -0.15) is 18.4 Å². The molecule has 0 fully saturated rings. The molecule has 0 aliphatic carbocycles. The highest BCUT2D eigenvalue weighted by Crippen LogP contribution is 2.32. The van der Waals surface area contributed by atoms with E-state index in [1.165, 1.54) is 36.9 Å². The minimum absolute atomic E-state index is 0.0203. The van der Waals surface area contributed by atoms with Gasteiger partial charge < -0.3 is 10.6 Å². The van der Waals surface area contributed by atoms with Gasteiger partial charge in [-0.05, 0) is 36.4 Å². The fourth-order valence-electron chi connectivity index (χ4n) is 3.71. The number of carbonyl (C=O) groups is 2. The topological polar surface area (TPSA) is 188 Å². The number of carbonyl (C=O) groups excluding carboxylic acids is 2. The van der Waals surface area contributed by atoms with Crippen molar-refractivity contribution < 1.29 is 22.8 Å². The van der Waals surface area contributed by atoms with Crippen LogP contribution in [-0.2, 0) is 6.18 Å². The van der Waals surface area contributed by atoms with Gasteiger partial charge >= 0.3 is 18.2 Å². The van der Waals surface area contributed by atoms with Crippen LogP contribution in [-0.4, -0.2) is 52.4 Å². The molecule has 0 atom stereocenters. The van der Waals surface area contributed by atoms with Gasteiger partial charge in [-0.25, -0.2) is 14.6 Å². The summed E-state index contributed by atoms with van der Waals surface area (Å²) in [6.07, 6.45) is 4.57. The van der Waals surface area contributed by atoms with Gasteiger partial charge in [0.25, 0.3) is 0 Å². The molecule has 0 spiro atoms. The second-order valence-electron chi connectivity index (χ2n) is 8.53. The Morgan fingerprint density at radius 3 is 2.23 bits per heavy atom. The molecule has 222 valence electrons. The van der Waals surface area contributed by atoms with Crippen molar-refractivity contribution in [1.82, 2.24) is 40.3 Å². The van der Waals surface area contributed by atoms with Crippen LogP contribution in [0.5, 0.6) is 0 Å². The molecule has 0 unspecified atom stereocenters. The molecule has 6 rings (SSSR count). The standard InChI is InChI=1S/C13H8ClF3N6O.C13H10N6O/c14-10-11(22-23-21-10)20-12(24)19-8-3-4-18-9-5-6(13(15,16)17)1-2-7(8)9;20-13(19-11-8-14-6-7-16-11)18-10-3-5-15-9-2-1-4-17-12(9)10/h1-5H,(H3,18,19,20,21,22,23,24);1-8H,(H2,15,16,18,19,20). The van der Waals surface area contributed by atoms with Gasteiger partial charge in [-0.15, -0.1) is 10.2 Å². The molecule has 5 N–H and O–H groups in total. The zero-order valence-corrected chi connectivity index (χ0v) is 22.7. The molecule has 14 nitrogen and oxygen atoms in total. The van der Waals surface area contributed by atoms with E-state index in [0.717, 1.165) is 12.1 Å². The number of rotatable bonds is 4. The first kappa shape index (κ1) is 29.5. The van der Waals surface area contributed by atoms with E-state index in [9.17, 15) is 22.8 Å². The highest BCUT2D eigenvalue weighted by Gasteiger charge is 2.30. The lowest BCUT2D eigenvalue weighted by molar-refractivity contribution is -0.137. The van der Waals surface area contributed by atoms with E-state index >= 15 is 0 Å². The number of nitrogens with zero attached hydrogens (tertiary/aromatic N) is 7. The average Bonchev–Trinajstić information content (AvgIpc) is 3.41. The molecule has 0 radical (unpaired) electrons. The number of fused-ring (bicyclic) bond motifs is 2. The predicted molar refractivity (Wildman–Crippen MR) is 155 cm³/mol. The van der Waals surface area contributed by atoms with Crippen molar-refractivity contribution in [3.8, 4) is 0 Å². The van der Waals surface area contributed by atoms with Crippen molar-refractivity contribution in [3.63, 3.8) is 0 Å². The lowest BCUT2D eigenvalue weighted by Gasteiger charge is -2.11. The third-order valence-corrected chi connectivity index (χ3v) is 5.87. The van der Waals surface area contributed by atoms with Crippen molar-refractivity contribution in [2.45, 2.75) is 6.18 Å². The number of aromatic amines is 1. The number of aromatic nitrogens is 8. The first-order chi connectivity index (χ1) is 21.2. The molecule has 6 aromatic rings. The molecule has 0 aliphatic rings. The second kappa shape index (κ2) is 12.9. The van der Waals surface area contributed by atoms with Crippen molar-refractivity contribution in [1.29, 1.82) is 0 Å². The molecule has 0 bridgehead atoms. The van der Waals surface area contributed by atoms with Gasteiger partial charge in [0, 0.05) is 36.4 Å². The van der Waals surface area contributed by atoms with Crippen molar-refractivity contribution in [3.05, 3.63) is 90.4 Å². The summed E-state index contributed by atoms with van der Waals surface area (Å²) in [6, 6.07) is 8.73. The summed E-state index contributed by atoms with van der Waals surface area (Å²) in [7, 11) is 0. The summed E-state index contributed by atoms with van der Waals surface area (Å²) < 4.78 is 38.2. The molecule has 5 aromatic heterocycles. The first-order valence-electron chi connectivity index (χ1n) is 12.3. The number of halogens is 4.